The lowest BCUT2D eigenvalue weighted by molar-refractivity contribution is -0.144. The number of carbonyl (C=O) groups is 2. The van der Waals surface area contributed by atoms with Crippen molar-refractivity contribution < 1.29 is 14.3 Å². The molecule has 0 aliphatic heterocycles. The fourth-order valence-electron chi connectivity index (χ4n) is 2.49. The van der Waals surface area contributed by atoms with Crippen molar-refractivity contribution in [2.45, 2.75) is 19.4 Å². The zero-order valence-corrected chi connectivity index (χ0v) is 14.2. The van der Waals surface area contributed by atoms with Gasteiger partial charge in [0.05, 0.1) is 13.2 Å². The Morgan fingerprint density at radius 2 is 1.68 bits per heavy atom. The lowest BCUT2D eigenvalue weighted by atomic mass is 9.98. The summed E-state index contributed by atoms with van der Waals surface area (Å²) in [5, 5.41) is 11.5. The van der Waals surface area contributed by atoms with Crippen molar-refractivity contribution >= 4 is 11.9 Å². The standard InChI is InChI=1S/C20H20N2O3/c1-14(12-13-21)18(20(24)25-2)22-19(23)17-10-8-16(9-11-17)15-6-4-3-5-7-15/h3-11,14,18H,12H2,1-2H3,(H,22,23)/t14-,18+/m1/s1. The number of rotatable bonds is 6. The van der Waals surface area contributed by atoms with Gasteiger partial charge in [0, 0.05) is 17.9 Å². The number of esters is 1. The van der Waals surface area contributed by atoms with Gasteiger partial charge in [-0.1, -0.05) is 49.4 Å². The van der Waals surface area contributed by atoms with Gasteiger partial charge in [-0.25, -0.2) is 4.79 Å². The number of carbonyl (C=O) groups excluding carboxylic acids is 2. The summed E-state index contributed by atoms with van der Waals surface area (Å²) in [7, 11) is 1.26. The molecule has 2 rings (SSSR count). The summed E-state index contributed by atoms with van der Waals surface area (Å²) in [6, 6.07) is 18.1. The maximum Gasteiger partial charge on any atom is 0.328 e. The highest BCUT2D eigenvalue weighted by Gasteiger charge is 2.28. The van der Waals surface area contributed by atoms with Crippen LogP contribution in [0.1, 0.15) is 23.7 Å². The topological polar surface area (TPSA) is 79.2 Å². The minimum atomic E-state index is -0.856. The van der Waals surface area contributed by atoms with Crippen molar-refractivity contribution in [2.75, 3.05) is 7.11 Å². The van der Waals surface area contributed by atoms with Gasteiger partial charge in [-0.2, -0.15) is 5.26 Å². The molecule has 0 saturated carbocycles. The number of methoxy groups -OCH3 is 1. The van der Waals surface area contributed by atoms with Gasteiger partial charge in [-0.05, 0) is 23.3 Å². The van der Waals surface area contributed by atoms with Crippen molar-refractivity contribution in [2.24, 2.45) is 5.92 Å². The molecule has 1 amide bonds. The van der Waals surface area contributed by atoms with Gasteiger partial charge in [0.15, 0.2) is 0 Å². The molecule has 5 heteroatoms. The molecule has 128 valence electrons. The molecule has 1 N–H and O–H groups in total. The van der Waals surface area contributed by atoms with E-state index < -0.39 is 12.0 Å². The van der Waals surface area contributed by atoms with Crippen molar-refractivity contribution in [1.82, 2.24) is 5.32 Å². The first kappa shape index (κ1) is 18.2. The number of hydrogen-bond donors (Lipinski definition) is 1. The van der Waals surface area contributed by atoms with E-state index in [0.29, 0.717) is 5.56 Å². The molecule has 2 aromatic carbocycles. The van der Waals surface area contributed by atoms with E-state index in [1.54, 1.807) is 19.1 Å². The van der Waals surface area contributed by atoms with E-state index in [1.807, 2.05) is 48.5 Å². The molecule has 25 heavy (non-hydrogen) atoms. The Morgan fingerprint density at radius 3 is 2.24 bits per heavy atom. The van der Waals surface area contributed by atoms with Crippen molar-refractivity contribution in [3.05, 3.63) is 60.2 Å². The number of nitrogens with zero attached hydrogens (tertiary/aromatic N) is 1. The van der Waals surface area contributed by atoms with E-state index in [2.05, 4.69) is 5.32 Å². The summed E-state index contributed by atoms with van der Waals surface area (Å²) in [6.45, 7) is 1.73. The second-order valence-corrected chi connectivity index (χ2v) is 5.76. The van der Waals surface area contributed by atoms with Crippen LogP contribution < -0.4 is 5.32 Å². The van der Waals surface area contributed by atoms with Gasteiger partial charge in [-0.15, -0.1) is 0 Å². The lowest BCUT2D eigenvalue weighted by Crippen LogP contribution is -2.45. The summed E-state index contributed by atoms with van der Waals surface area (Å²) in [5.41, 5.74) is 2.50. The third kappa shape index (κ3) is 4.67. The van der Waals surface area contributed by atoms with E-state index in [-0.39, 0.29) is 18.2 Å². The van der Waals surface area contributed by atoms with Crippen LogP contribution in [0.3, 0.4) is 0 Å². The number of amides is 1. The highest BCUT2D eigenvalue weighted by molar-refractivity contribution is 5.97. The zero-order valence-electron chi connectivity index (χ0n) is 14.2. The Bertz CT molecular complexity index is 764. The van der Waals surface area contributed by atoms with Crippen LogP contribution >= 0.6 is 0 Å². The monoisotopic (exact) mass is 336 g/mol. The van der Waals surface area contributed by atoms with Crippen LogP contribution in [-0.2, 0) is 9.53 Å². The molecule has 0 aliphatic rings. The molecule has 5 nitrogen and oxygen atoms in total. The quantitative estimate of drug-likeness (QED) is 0.822. The van der Waals surface area contributed by atoms with Gasteiger partial charge in [-0.3, -0.25) is 4.79 Å². The SMILES string of the molecule is COC(=O)[C@@H](NC(=O)c1ccc(-c2ccccc2)cc1)[C@H](C)CC#N. The first-order valence-electron chi connectivity index (χ1n) is 7.98. The number of nitrogens with one attached hydrogen (secondary N) is 1. The molecular formula is C20H20N2O3. The van der Waals surface area contributed by atoms with E-state index in [1.165, 1.54) is 7.11 Å². The molecule has 0 aromatic heterocycles. The average Bonchev–Trinajstić information content (AvgIpc) is 2.66. The van der Waals surface area contributed by atoms with Gasteiger partial charge in [0.2, 0.25) is 0 Å². The van der Waals surface area contributed by atoms with Crippen molar-refractivity contribution in [3.63, 3.8) is 0 Å². The second-order valence-electron chi connectivity index (χ2n) is 5.76. The fourth-order valence-corrected chi connectivity index (χ4v) is 2.49. The van der Waals surface area contributed by atoms with E-state index in [0.717, 1.165) is 11.1 Å². The Balaban J connectivity index is 2.13. The minimum Gasteiger partial charge on any atom is -0.467 e. The van der Waals surface area contributed by atoms with Crippen LogP contribution in [0.25, 0.3) is 11.1 Å². The van der Waals surface area contributed by atoms with Gasteiger partial charge < -0.3 is 10.1 Å². The third-order valence-corrected chi connectivity index (χ3v) is 3.98. The number of nitriles is 1. The highest BCUT2D eigenvalue weighted by Crippen LogP contribution is 2.19. The molecule has 0 heterocycles. The minimum absolute atomic E-state index is 0.146. The first-order chi connectivity index (χ1) is 12.1. The Labute approximate surface area is 147 Å². The maximum absolute atomic E-state index is 12.4. The first-order valence-corrected chi connectivity index (χ1v) is 7.98. The smallest absolute Gasteiger partial charge is 0.328 e. The number of hydrogen-bond acceptors (Lipinski definition) is 4. The van der Waals surface area contributed by atoms with Crippen LogP contribution in [0.4, 0.5) is 0 Å². The molecule has 0 saturated heterocycles. The maximum atomic E-state index is 12.4. The van der Waals surface area contributed by atoms with Crippen molar-refractivity contribution in [3.8, 4) is 17.2 Å². The van der Waals surface area contributed by atoms with E-state index >= 15 is 0 Å². The normalized spacial score (nSPS) is 12.5. The second kappa shape index (κ2) is 8.65. The zero-order chi connectivity index (χ0) is 18.2. The van der Waals surface area contributed by atoms with E-state index in [9.17, 15) is 9.59 Å². The summed E-state index contributed by atoms with van der Waals surface area (Å²) in [6.07, 6.45) is 0.146. The Hall–Kier alpha value is -3.13. The largest absolute Gasteiger partial charge is 0.467 e. The molecule has 0 aliphatic carbocycles. The molecule has 2 atom stereocenters. The van der Waals surface area contributed by atoms with Crippen LogP contribution in [0.2, 0.25) is 0 Å². The van der Waals surface area contributed by atoms with Crippen molar-refractivity contribution in [1.29, 1.82) is 5.26 Å². The number of benzene rings is 2. The Kier molecular flexibility index (Phi) is 6.30. The fraction of sp³-hybridized carbons (Fsp3) is 0.250. The predicted octanol–water partition coefficient (Wildman–Crippen LogP) is 3.17. The summed E-state index contributed by atoms with van der Waals surface area (Å²) in [4.78, 5) is 24.3. The molecule has 0 unspecified atom stereocenters. The Morgan fingerprint density at radius 1 is 1.08 bits per heavy atom. The van der Waals surface area contributed by atoms with Gasteiger partial charge in [0.25, 0.3) is 5.91 Å². The molecule has 2 aromatic rings. The van der Waals surface area contributed by atoms with Crippen LogP contribution in [0, 0.1) is 17.2 Å². The molecule has 0 radical (unpaired) electrons. The lowest BCUT2D eigenvalue weighted by Gasteiger charge is -2.21. The van der Waals surface area contributed by atoms with E-state index in [4.69, 9.17) is 10.00 Å². The summed E-state index contributed by atoms with van der Waals surface area (Å²) >= 11 is 0. The van der Waals surface area contributed by atoms with Gasteiger partial charge >= 0.3 is 5.97 Å². The van der Waals surface area contributed by atoms with Crippen LogP contribution in [0.15, 0.2) is 54.6 Å². The molecule has 0 bridgehead atoms. The molecular weight excluding hydrogens is 316 g/mol. The van der Waals surface area contributed by atoms with Crippen LogP contribution in [0.5, 0.6) is 0 Å². The summed E-state index contributed by atoms with van der Waals surface area (Å²) < 4.78 is 4.73. The highest BCUT2D eigenvalue weighted by atomic mass is 16.5. The van der Waals surface area contributed by atoms with Gasteiger partial charge in [0.1, 0.15) is 6.04 Å². The third-order valence-electron chi connectivity index (χ3n) is 3.98. The average molecular weight is 336 g/mol. The summed E-state index contributed by atoms with van der Waals surface area (Å²) in [5.74, 6) is -1.28. The number of ether oxygens (including phenoxy) is 1. The predicted molar refractivity (Wildman–Crippen MR) is 94.5 cm³/mol. The molecule has 0 fully saturated rings. The molecule has 0 spiro atoms. The van der Waals surface area contributed by atoms with Crippen LogP contribution in [-0.4, -0.2) is 25.0 Å².